The van der Waals surface area contributed by atoms with Gasteiger partial charge in [0.05, 0.1) is 6.10 Å². The van der Waals surface area contributed by atoms with Crippen LogP contribution in [-0.2, 0) is 4.74 Å². The van der Waals surface area contributed by atoms with Gasteiger partial charge in [-0.3, -0.25) is 0 Å². The van der Waals surface area contributed by atoms with Crippen LogP contribution in [0.5, 0.6) is 0 Å². The second-order valence-electron chi connectivity index (χ2n) is 3.45. The molecule has 1 rings (SSSR count). The third-order valence-electron chi connectivity index (χ3n) is 2.32. The van der Waals surface area contributed by atoms with E-state index in [-0.39, 0.29) is 6.10 Å². The summed E-state index contributed by atoms with van der Waals surface area (Å²) in [6, 6.07) is 0. The molecule has 1 N–H and O–H groups in total. The highest BCUT2D eigenvalue weighted by Crippen LogP contribution is 2.17. The third kappa shape index (κ3) is 4.25. The molecule has 2 heteroatoms. The van der Waals surface area contributed by atoms with E-state index in [1.54, 1.807) is 7.11 Å². The van der Waals surface area contributed by atoms with E-state index in [9.17, 15) is 5.11 Å². The number of rotatable bonds is 6. The van der Waals surface area contributed by atoms with Gasteiger partial charge in [-0.15, -0.1) is 0 Å². The molecule has 1 aliphatic rings. The molecule has 2 nitrogen and oxygen atoms in total. The highest BCUT2D eigenvalue weighted by atomic mass is 16.5. The zero-order valence-corrected chi connectivity index (χ0v) is 8.15. The van der Waals surface area contributed by atoms with Crippen LogP contribution in [0.4, 0.5) is 0 Å². The lowest BCUT2D eigenvalue weighted by Gasteiger charge is -2.11. The van der Waals surface area contributed by atoms with Gasteiger partial charge in [-0.1, -0.05) is 24.3 Å². The Hall–Kier alpha value is -0.600. The van der Waals surface area contributed by atoms with Gasteiger partial charge in [0.15, 0.2) is 0 Å². The minimum absolute atomic E-state index is 0.206. The summed E-state index contributed by atoms with van der Waals surface area (Å²) in [5.41, 5.74) is 0. The lowest BCUT2D eigenvalue weighted by atomic mass is 10.0. The maximum Gasteiger partial charge on any atom is 0.0562 e. The summed E-state index contributed by atoms with van der Waals surface area (Å²) in [4.78, 5) is 0. The van der Waals surface area contributed by atoms with Gasteiger partial charge in [0, 0.05) is 13.7 Å². The Morgan fingerprint density at radius 2 is 2.00 bits per heavy atom. The zero-order valence-electron chi connectivity index (χ0n) is 8.15. The maximum absolute atomic E-state index is 9.51. The van der Waals surface area contributed by atoms with E-state index < -0.39 is 0 Å². The molecule has 0 saturated heterocycles. The van der Waals surface area contributed by atoms with Crippen molar-refractivity contribution in [2.45, 2.75) is 25.4 Å². The number of aliphatic hydroxyl groups is 1. The van der Waals surface area contributed by atoms with Crippen LogP contribution < -0.4 is 0 Å². The summed E-state index contributed by atoms with van der Waals surface area (Å²) in [7, 11) is 1.66. The Kier molecular flexibility index (Phi) is 4.79. The number of hydrogen-bond acceptors (Lipinski definition) is 2. The molecule has 0 aliphatic heterocycles. The number of ether oxygens (including phenoxy) is 1. The van der Waals surface area contributed by atoms with Crippen molar-refractivity contribution >= 4 is 0 Å². The number of aliphatic hydroxyl groups excluding tert-OH is 1. The highest BCUT2D eigenvalue weighted by molar-refractivity contribution is 5.17. The molecule has 1 unspecified atom stereocenters. The first-order valence-electron chi connectivity index (χ1n) is 4.85. The van der Waals surface area contributed by atoms with Crippen molar-refractivity contribution in [3.63, 3.8) is 0 Å². The average molecular weight is 182 g/mol. The van der Waals surface area contributed by atoms with E-state index in [1.807, 2.05) is 0 Å². The van der Waals surface area contributed by atoms with Crippen LogP contribution in [0.2, 0.25) is 0 Å². The van der Waals surface area contributed by atoms with E-state index in [4.69, 9.17) is 4.74 Å². The van der Waals surface area contributed by atoms with Crippen molar-refractivity contribution in [2.75, 3.05) is 13.7 Å². The average Bonchev–Trinajstić information content (AvgIpc) is 2.64. The van der Waals surface area contributed by atoms with Crippen molar-refractivity contribution < 1.29 is 9.84 Å². The molecule has 0 aromatic carbocycles. The molecule has 0 aromatic rings. The van der Waals surface area contributed by atoms with Crippen molar-refractivity contribution in [2.24, 2.45) is 5.92 Å². The molecular formula is C11H18O2. The van der Waals surface area contributed by atoms with Crippen LogP contribution in [0, 0.1) is 5.92 Å². The molecule has 1 atom stereocenters. The SMILES string of the molecule is COCCC(O)CCC1C=CC=C1. The topological polar surface area (TPSA) is 29.5 Å². The summed E-state index contributed by atoms with van der Waals surface area (Å²) in [6.07, 6.45) is 10.9. The quantitative estimate of drug-likeness (QED) is 0.680. The molecule has 13 heavy (non-hydrogen) atoms. The molecule has 0 fully saturated rings. The summed E-state index contributed by atoms with van der Waals surface area (Å²) < 4.78 is 4.90. The van der Waals surface area contributed by atoms with Crippen molar-refractivity contribution in [3.05, 3.63) is 24.3 Å². The zero-order chi connectivity index (χ0) is 9.52. The monoisotopic (exact) mass is 182 g/mol. The Morgan fingerprint density at radius 3 is 2.62 bits per heavy atom. The summed E-state index contributed by atoms with van der Waals surface area (Å²) in [6.45, 7) is 0.650. The Morgan fingerprint density at radius 1 is 1.31 bits per heavy atom. The van der Waals surface area contributed by atoms with Crippen LogP contribution in [0.3, 0.4) is 0 Å². The predicted molar refractivity (Wildman–Crippen MR) is 53.5 cm³/mol. The molecule has 0 aromatic heterocycles. The van der Waals surface area contributed by atoms with E-state index in [2.05, 4.69) is 24.3 Å². The van der Waals surface area contributed by atoms with E-state index in [1.165, 1.54) is 0 Å². The minimum Gasteiger partial charge on any atom is -0.393 e. The molecule has 0 saturated carbocycles. The second-order valence-corrected chi connectivity index (χ2v) is 3.45. The highest BCUT2D eigenvalue weighted by Gasteiger charge is 2.08. The Balaban J connectivity index is 2.04. The number of hydrogen-bond donors (Lipinski definition) is 1. The van der Waals surface area contributed by atoms with Crippen LogP contribution in [0.25, 0.3) is 0 Å². The normalized spacial score (nSPS) is 18.3. The fourth-order valence-corrected chi connectivity index (χ4v) is 1.45. The predicted octanol–water partition coefficient (Wildman–Crippen LogP) is 1.91. The van der Waals surface area contributed by atoms with Crippen LogP contribution in [-0.4, -0.2) is 24.9 Å². The fraction of sp³-hybridized carbons (Fsp3) is 0.636. The van der Waals surface area contributed by atoms with Crippen molar-refractivity contribution in [1.82, 2.24) is 0 Å². The van der Waals surface area contributed by atoms with Gasteiger partial charge in [-0.05, 0) is 25.2 Å². The number of allylic oxidation sites excluding steroid dienone is 4. The largest absolute Gasteiger partial charge is 0.393 e. The fourth-order valence-electron chi connectivity index (χ4n) is 1.45. The van der Waals surface area contributed by atoms with Crippen LogP contribution in [0.1, 0.15) is 19.3 Å². The molecule has 74 valence electrons. The van der Waals surface area contributed by atoms with E-state index in [0.717, 1.165) is 19.3 Å². The lowest BCUT2D eigenvalue weighted by Crippen LogP contribution is -2.10. The third-order valence-corrected chi connectivity index (χ3v) is 2.32. The van der Waals surface area contributed by atoms with Gasteiger partial charge in [0.25, 0.3) is 0 Å². The van der Waals surface area contributed by atoms with Gasteiger partial charge in [-0.2, -0.15) is 0 Å². The molecular weight excluding hydrogens is 164 g/mol. The first-order chi connectivity index (χ1) is 6.33. The van der Waals surface area contributed by atoms with Gasteiger partial charge in [-0.25, -0.2) is 0 Å². The maximum atomic E-state index is 9.51. The van der Waals surface area contributed by atoms with Gasteiger partial charge in [0.2, 0.25) is 0 Å². The van der Waals surface area contributed by atoms with Crippen molar-refractivity contribution in [1.29, 1.82) is 0 Å². The van der Waals surface area contributed by atoms with E-state index >= 15 is 0 Å². The van der Waals surface area contributed by atoms with Gasteiger partial charge in [0.1, 0.15) is 0 Å². The van der Waals surface area contributed by atoms with Crippen LogP contribution in [0.15, 0.2) is 24.3 Å². The summed E-state index contributed by atoms with van der Waals surface area (Å²) in [5, 5.41) is 9.51. The molecule has 0 bridgehead atoms. The molecule has 0 spiro atoms. The molecule has 1 aliphatic carbocycles. The van der Waals surface area contributed by atoms with E-state index in [0.29, 0.717) is 12.5 Å². The standard InChI is InChI=1S/C11H18O2/c1-13-9-8-11(12)7-6-10-4-2-3-5-10/h2-5,10-12H,6-9H2,1H3. The first-order valence-corrected chi connectivity index (χ1v) is 4.85. The van der Waals surface area contributed by atoms with Gasteiger partial charge < -0.3 is 9.84 Å². The summed E-state index contributed by atoms with van der Waals surface area (Å²) in [5.74, 6) is 0.539. The molecule has 0 heterocycles. The first kappa shape index (κ1) is 10.5. The second kappa shape index (κ2) is 5.95. The number of methoxy groups -OCH3 is 1. The van der Waals surface area contributed by atoms with Gasteiger partial charge >= 0.3 is 0 Å². The van der Waals surface area contributed by atoms with Crippen molar-refractivity contribution in [3.8, 4) is 0 Å². The summed E-state index contributed by atoms with van der Waals surface area (Å²) >= 11 is 0. The lowest BCUT2D eigenvalue weighted by molar-refractivity contribution is 0.101. The molecule has 0 radical (unpaired) electrons. The Bertz CT molecular complexity index is 173. The smallest absolute Gasteiger partial charge is 0.0562 e. The minimum atomic E-state index is -0.206. The Labute approximate surface area is 79.9 Å². The molecule has 0 amide bonds. The van der Waals surface area contributed by atoms with Crippen LogP contribution >= 0.6 is 0 Å².